The van der Waals surface area contributed by atoms with Gasteiger partial charge in [0.05, 0.1) is 6.61 Å². The Balaban J connectivity index is 0.000000583. The van der Waals surface area contributed by atoms with E-state index in [1.54, 1.807) is 0 Å². The summed E-state index contributed by atoms with van der Waals surface area (Å²) in [6, 6.07) is 0. The quantitative estimate of drug-likeness (QED) is 0.435. The third-order valence-corrected chi connectivity index (χ3v) is 1.48. The van der Waals surface area contributed by atoms with Gasteiger partial charge in [0.25, 0.3) is 0 Å². The zero-order valence-electron chi connectivity index (χ0n) is 7.28. The van der Waals surface area contributed by atoms with Gasteiger partial charge in [-0.1, -0.05) is 0 Å². The van der Waals surface area contributed by atoms with E-state index < -0.39 is 74.1 Å². The number of carbonyl (C=O) groups excluding carboxylic acids is 1. The third kappa shape index (κ3) is 3.99. The molecule has 4 N–H and O–H groups in total. The van der Waals surface area contributed by atoms with Crippen LogP contribution in [0.2, 0.25) is 0 Å². The molecule has 1 aliphatic heterocycles. The Morgan fingerprint density at radius 1 is 1.40 bits per heavy atom. The van der Waals surface area contributed by atoms with Crippen LogP contribution in [-0.4, -0.2) is 45.2 Å². The van der Waals surface area contributed by atoms with Gasteiger partial charge >= 0.3 is 45.6 Å². The Morgan fingerprint density at radius 2 is 1.87 bits per heavy atom. The summed E-state index contributed by atoms with van der Waals surface area (Å²) in [6.07, 6.45) is -2.78. The molecule has 1 rings (SSSR count). The predicted molar refractivity (Wildman–Crippen MR) is 36.6 cm³/mol. The molecule has 0 fully saturated rings. The third-order valence-electron chi connectivity index (χ3n) is 1.48. The van der Waals surface area contributed by atoms with Crippen molar-refractivity contribution in [2.45, 2.75) is 12.2 Å². The Morgan fingerprint density at radius 3 is 2.13 bits per heavy atom. The van der Waals surface area contributed by atoms with Gasteiger partial charge in [-0.2, -0.15) is 0 Å². The summed E-state index contributed by atoms with van der Waals surface area (Å²) < 4.78 is 21.5. The maximum atomic E-state index is 10.5. The fraction of sp³-hybridized carbons (Fsp3) is 0.500. The Labute approximate surface area is 105 Å². The first-order valence-electron chi connectivity index (χ1n) is 3.60. The topological polar surface area (TPSA) is 141 Å². The van der Waals surface area contributed by atoms with Crippen molar-refractivity contribution < 1.29 is 69.6 Å². The van der Waals surface area contributed by atoms with Gasteiger partial charge in [0.2, 0.25) is 5.76 Å². The van der Waals surface area contributed by atoms with Crippen LogP contribution in [0.3, 0.4) is 0 Å². The molecular formula is C6H8CeO8. The van der Waals surface area contributed by atoms with E-state index in [9.17, 15) is 4.79 Å². The Kier molecular flexibility index (Phi) is 6.92. The molecule has 0 aromatic rings. The van der Waals surface area contributed by atoms with Gasteiger partial charge in [0.1, 0.15) is 6.10 Å². The summed E-state index contributed by atoms with van der Waals surface area (Å²) in [6.45, 7) is -0.671. The average molecular weight is 348 g/mol. The summed E-state index contributed by atoms with van der Waals surface area (Å²) in [5, 5.41) is 35.0. The molecule has 0 bridgehead atoms. The number of aliphatic hydroxyl groups is 4. The molecule has 1 heterocycles. The van der Waals surface area contributed by atoms with Crippen LogP contribution in [0.25, 0.3) is 0 Å². The zero-order valence-corrected chi connectivity index (χ0v) is 10.4. The number of hydrogen-bond donors (Lipinski definition) is 4. The van der Waals surface area contributed by atoms with Crippen molar-refractivity contribution in [3.63, 3.8) is 0 Å². The fourth-order valence-electron chi connectivity index (χ4n) is 0.823. The number of esters is 1. The number of carbonyl (C=O) groups is 1. The van der Waals surface area contributed by atoms with E-state index in [0.29, 0.717) is 0 Å². The number of rotatable bonds is 2. The first-order chi connectivity index (χ1) is 6.99. The van der Waals surface area contributed by atoms with Gasteiger partial charge in [0.15, 0.2) is 11.9 Å². The summed E-state index contributed by atoms with van der Waals surface area (Å²) in [4.78, 5) is 10.5. The average Bonchev–Trinajstić information content (AvgIpc) is 2.46. The molecule has 2 atom stereocenters. The molecule has 9 heteroatoms. The first-order valence-corrected chi connectivity index (χ1v) is 6.17. The van der Waals surface area contributed by atoms with Crippen molar-refractivity contribution in [1.82, 2.24) is 0 Å². The second kappa shape index (κ2) is 7.06. The van der Waals surface area contributed by atoms with Gasteiger partial charge in [-0.15, -0.1) is 0 Å². The van der Waals surface area contributed by atoms with Crippen molar-refractivity contribution in [2.24, 2.45) is 0 Å². The van der Waals surface area contributed by atoms with Gasteiger partial charge < -0.3 is 25.2 Å². The van der Waals surface area contributed by atoms with E-state index in [4.69, 9.17) is 22.3 Å². The van der Waals surface area contributed by atoms with Crippen molar-refractivity contribution in [3.05, 3.63) is 11.5 Å². The van der Waals surface area contributed by atoms with Crippen molar-refractivity contribution in [2.75, 3.05) is 6.61 Å². The van der Waals surface area contributed by atoms with Gasteiger partial charge in [-0.25, -0.2) is 4.79 Å². The molecule has 0 aliphatic carbocycles. The van der Waals surface area contributed by atoms with Crippen LogP contribution >= 0.6 is 0 Å². The van der Waals surface area contributed by atoms with E-state index in [1.807, 2.05) is 0 Å². The molecule has 0 saturated heterocycles. The van der Waals surface area contributed by atoms with Crippen LogP contribution in [-0.2, 0) is 11.4 Å². The summed E-state index contributed by atoms with van der Waals surface area (Å²) in [7, 11) is 0. The molecule has 0 radical (unpaired) electrons. The zero-order chi connectivity index (χ0) is 12.0. The van der Waals surface area contributed by atoms with Crippen molar-refractivity contribution in [3.8, 4) is 0 Å². The summed E-state index contributed by atoms with van der Waals surface area (Å²) >= 11 is -2.42. The van der Waals surface area contributed by atoms with E-state index in [1.165, 1.54) is 0 Å². The Hall–Kier alpha value is -0.293. The molecule has 0 amide bonds. The van der Waals surface area contributed by atoms with Crippen LogP contribution < -0.4 is 0 Å². The van der Waals surface area contributed by atoms with E-state index in [0.717, 1.165) is 0 Å². The molecular weight excluding hydrogens is 340 g/mol. The van der Waals surface area contributed by atoms with Gasteiger partial charge in [0, 0.05) is 0 Å². The van der Waals surface area contributed by atoms with Crippen molar-refractivity contribution in [1.29, 1.82) is 0 Å². The summed E-state index contributed by atoms with van der Waals surface area (Å²) in [5.74, 6) is -2.78. The van der Waals surface area contributed by atoms with Crippen LogP contribution in [0.1, 0.15) is 0 Å². The predicted octanol–water partition coefficient (Wildman–Crippen LogP) is -1.64. The minimum atomic E-state index is -2.42. The molecule has 1 aliphatic rings. The van der Waals surface area contributed by atoms with Crippen LogP contribution in [0.5, 0.6) is 0 Å². The van der Waals surface area contributed by atoms with Gasteiger partial charge in [-0.3, -0.25) is 0 Å². The van der Waals surface area contributed by atoms with E-state index in [2.05, 4.69) is 4.74 Å². The molecule has 0 aromatic carbocycles. The minimum absolute atomic E-state index is 0.671. The van der Waals surface area contributed by atoms with Gasteiger partial charge in [-0.05, 0) is 0 Å². The number of aliphatic hydroxyl groups excluding tert-OH is 4. The molecule has 0 aromatic heterocycles. The number of ether oxygens (including phenoxy) is 1. The number of cyclic esters (lactones) is 1. The normalized spacial score (nSPS) is 21.2. The summed E-state index contributed by atoms with van der Waals surface area (Å²) in [5.41, 5.74) is 0. The van der Waals surface area contributed by atoms with E-state index >= 15 is 0 Å². The fourth-order valence-corrected chi connectivity index (χ4v) is 0.823. The molecule has 8 nitrogen and oxygen atoms in total. The molecule has 84 valence electrons. The monoisotopic (exact) mass is 348 g/mol. The second-order valence-corrected chi connectivity index (χ2v) is 2.92. The van der Waals surface area contributed by atoms with Crippen molar-refractivity contribution >= 4 is 5.97 Å². The maximum absolute atomic E-state index is 10.5. The second-order valence-electron chi connectivity index (χ2n) is 2.39. The first kappa shape index (κ1) is 14.7. The molecule has 0 spiro atoms. The van der Waals surface area contributed by atoms with Crippen LogP contribution in [0.4, 0.5) is 0 Å². The number of hydrogen-bond acceptors (Lipinski definition) is 8. The Bertz CT molecular complexity index is 304. The standard InChI is InChI=1S/C6H8O6.Ce.2O/c7-1-2(8)5-3(9)4(10)6(11)12-5;;;/h2,5,7-10H,1H2;;;/t2-,5+;;;/m0.../s1. The SMILES string of the molecule is O=C1O[C@H]([C@@H](O)CO)C(O)=C1O.[O]=[Ce]=[O]. The molecule has 15 heavy (non-hydrogen) atoms. The van der Waals surface area contributed by atoms with Crippen LogP contribution in [0, 0.1) is 37.8 Å². The van der Waals surface area contributed by atoms with Crippen LogP contribution in [0.15, 0.2) is 11.5 Å². The van der Waals surface area contributed by atoms with E-state index in [-0.39, 0.29) is 0 Å². The molecule has 0 unspecified atom stereocenters. The molecule has 0 saturated carbocycles.